The molecule has 0 saturated carbocycles. The highest BCUT2D eigenvalue weighted by atomic mass is 31.2. The van der Waals surface area contributed by atoms with Crippen molar-refractivity contribution >= 4 is 13.4 Å². The normalized spacial score (nSPS) is 22.8. The molecular formula is C14H17O5P. The van der Waals surface area contributed by atoms with E-state index in [2.05, 4.69) is 0 Å². The summed E-state index contributed by atoms with van der Waals surface area (Å²) in [6.45, 7) is 0. The van der Waals surface area contributed by atoms with Gasteiger partial charge in [0.05, 0.1) is 7.11 Å². The van der Waals surface area contributed by atoms with E-state index in [1.807, 2.05) is 6.07 Å². The molecule has 0 bridgehead atoms. The van der Waals surface area contributed by atoms with Crippen LogP contribution in [0.4, 0.5) is 0 Å². The van der Waals surface area contributed by atoms with Crippen molar-refractivity contribution in [3.8, 4) is 0 Å². The molecule has 6 heteroatoms. The van der Waals surface area contributed by atoms with Crippen LogP contribution < -0.4 is 0 Å². The number of allylic oxidation sites excluding steroid dienone is 2. The summed E-state index contributed by atoms with van der Waals surface area (Å²) in [5.41, 5.74) is 0.598. The van der Waals surface area contributed by atoms with Crippen LogP contribution in [-0.4, -0.2) is 27.1 Å². The number of benzene rings is 1. The van der Waals surface area contributed by atoms with E-state index in [-0.39, 0.29) is 12.2 Å². The average Bonchev–Trinajstić information content (AvgIpc) is 2.85. The predicted octanol–water partition coefficient (Wildman–Crippen LogP) is 2.87. The van der Waals surface area contributed by atoms with Crippen LogP contribution in [0.25, 0.3) is 0 Å². The minimum atomic E-state index is -3.67. The van der Waals surface area contributed by atoms with Crippen molar-refractivity contribution in [3.05, 3.63) is 47.7 Å². The lowest BCUT2D eigenvalue weighted by Gasteiger charge is -2.33. The van der Waals surface area contributed by atoms with Crippen molar-refractivity contribution in [2.45, 2.75) is 11.6 Å². The molecule has 5 nitrogen and oxygen atoms in total. The predicted molar refractivity (Wildman–Crippen MR) is 74.5 cm³/mol. The summed E-state index contributed by atoms with van der Waals surface area (Å²) < 4.78 is 28.4. The highest BCUT2D eigenvalue weighted by molar-refractivity contribution is 7.56. The molecule has 1 aromatic rings. The maximum atomic E-state index is 13.0. The largest absolute Gasteiger partial charge is 0.501 e. The quantitative estimate of drug-likeness (QED) is 0.782. The number of hydrogen-bond acceptors (Lipinski definition) is 5. The minimum absolute atomic E-state index is 0.158. The van der Waals surface area contributed by atoms with Crippen LogP contribution in [0.3, 0.4) is 0 Å². The van der Waals surface area contributed by atoms with Crippen molar-refractivity contribution in [1.82, 2.24) is 0 Å². The van der Waals surface area contributed by atoms with Gasteiger partial charge in [0.2, 0.25) is 0 Å². The Balaban J connectivity index is 2.64. The molecule has 0 N–H and O–H groups in total. The van der Waals surface area contributed by atoms with Crippen LogP contribution in [0.1, 0.15) is 12.0 Å². The van der Waals surface area contributed by atoms with Crippen LogP contribution in [0, 0.1) is 0 Å². The van der Waals surface area contributed by atoms with E-state index in [1.54, 1.807) is 24.3 Å². The second-order valence-electron chi connectivity index (χ2n) is 4.44. The molecule has 1 aromatic carbocycles. The number of ether oxygens (including phenoxy) is 1. The summed E-state index contributed by atoms with van der Waals surface area (Å²) in [4.78, 5) is 12.5. The standard InChI is InChI=1S/C14H17O5P/c1-17-12-9-13(15)14(10-12,20(16,18-2)19-3)11-7-5-4-6-8-11/h4-9H,10H2,1-3H3. The van der Waals surface area contributed by atoms with Crippen LogP contribution in [0.2, 0.25) is 0 Å². The Kier molecular flexibility index (Phi) is 4.14. The monoisotopic (exact) mass is 296 g/mol. The molecule has 0 heterocycles. The molecule has 0 radical (unpaired) electrons. The summed E-state index contributed by atoms with van der Waals surface area (Å²) in [5, 5.41) is -1.37. The fraction of sp³-hybridized carbons (Fsp3) is 0.357. The zero-order chi connectivity index (χ0) is 14.8. The van der Waals surface area contributed by atoms with Gasteiger partial charge in [-0.05, 0) is 5.56 Å². The van der Waals surface area contributed by atoms with Gasteiger partial charge in [0.15, 0.2) is 10.9 Å². The smallest absolute Gasteiger partial charge is 0.348 e. The van der Waals surface area contributed by atoms with E-state index in [1.165, 1.54) is 27.4 Å². The Morgan fingerprint density at radius 2 is 1.70 bits per heavy atom. The van der Waals surface area contributed by atoms with Crippen LogP contribution in [-0.2, 0) is 28.3 Å². The van der Waals surface area contributed by atoms with Gasteiger partial charge in [-0.25, -0.2) is 0 Å². The Morgan fingerprint density at radius 1 is 1.10 bits per heavy atom. The van der Waals surface area contributed by atoms with Crippen molar-refractivity contribution in [2.24, 2.45) is 0 Å². The highest BCUT2D eigenvalue weighted by Crippen LogP contribution is 2.68. The van der Waals surface area contributed by atoms with Crippen molar-refractivity contribution in [2.75, 3.05) is 21.3 Å². The maximum Gasteiger partial charge on any atom is 0.348 e. The topological polar surface area (TPSA) is 61.8 Å². The fourth-order valence-electron chi connectivity index (χ4n) is 2.52. The highest BCUT2D eigenvalue weighted by Gasteiger charge is 2.59. The third-order valence-electron chi connectivity index (χ3n) is 3.59. The first-order chi connectivity index (χ1) is 9.54. The zero-order valence-corrected chi connectivity index (χ0v) is 12.6. The number of ketones is 1. The molecule has 0 aliphatic heterocycles. The van der Waals surface area contributed by atoms with E-state index < -0.39 is 12.8 Å². The average molecular weight is 296 g/mol. The van der Waals surface area contributed by atoms with Crippen molar-refractivity contribution in [3.63, 3.8) is 0 Å². The van der Waals surface area contributed by atoms with Gasteiger partial charge in [0.1, 0.15) is 5.76 Å². The first-order valence-corrected chi connectivity index (χ1v) is 7.64. The molecular weight excluding hydrogens is 279 g/mol. The molecule has 1 unspecified atom stereocenters. The molecule has 0 fully saturated rings. The summed E-state index contributed by atoms with van der Waals surface area (Å²) in [5.74, 6) is 0.140. The lowest BCUT2D eigenvalue weighted by molar-refractivity contribution is -0.117. The first-order valence-electron chi connectivity index (χ1n) is 6.10. The van der Waals surface area contributed by atoms with E-state index in [9.17, 15) is 9.36 Å². The molecule has 0 amide bonds. The van der Waals surface area contributed by atoms with E-state index in [4.69, 9.17) is 13.8 Å². The Morgan fingerprint density at radius 3 is 2.15 bits per heavy atom. The second kappa shape index (κ2) is 5.52. The van der Waals surface area contributed by atoms with Gasteiger partial charge in [-0.3, -0.25) is 9.36 Å². The van der Waals surface area contributed by atoms with E-state index in [0.717, 1.165) is 0 Å². The molecule has 1 atom stereocenters. The molecule has 2 rings (SSSR count). The van der Waals surface area contributed by atoms with Gasteiger partial charge in [-0.2, -0.15) is 0 Å². The number of carbonyl (C=O) groups excluding carboxylic acids is 1. The molecule has 0 saturated heterocycles. The summed E-state index contributed by atoms with van der Waals surface area (Å²) in [6, 6.07) is 8.88. The van der Waals surface area contributed by atoms with Crippen molar-refractivity contribution in [1.29, 1.82) is 0 Å². The SMILES string of the molecule is COC1=CC(=O)C(c2ccccc2)(P(=O)(OC)OC)C1. The Bertz CT molecular complexity index is 572. The molecule has 0 spiro atoms. The van der Waals surface area contributed by atoms with Crippen LogP contribution in [0.5, 0.6) is 0 Å². The molecule has 20 heavy (non-hydrogen) atoms. The van der Waals surface area contributed by atoms with Gasteiger partial charge >= 0.3 is 7.60 Å². The van der Waals surface area contributed by atoms with Crippen LogP contribution in [0.15, 0.2) is 42.2 Å². The zero-order valence-electron chi connectivity index (χ0n) is 11.7. The maximum absolute atomic E-state index is 13.0. The van der Waals surface area contributed by atoms with E-state index in [0.29, 0.717) is 11.3 Å². The molecule has 108 valence electrons. The summed E-state index contributed by atoms with van der Waals surface area (Å²) in [7, 11) is 0.376. The number of carbonyl (C=O) groups is 1. The summed E-state index contributed by atoms with van der Waals surface area (Å²) >= 11 is 0. The Hall–Kier alpha value is -1.42. The van der Waals surface area contributed by atoms with Crippen LogP contribution >= 0.6 is 7.60 Å². The van der Waals surface area contributed by atoms with Gasteiger partial charge in [0.25, 0.3) is 0 Å². The molecule has 0 aromatic heterocycles. The fourth-order valence-corrected chi connectivity index (χ4v) is 4.44. The van der Waals surface area contributed by atoms with Gasteiger partial charge in [-0.15, -0.1) is 0 Å². The van der Waals surface area contributed by atoms with E-state index >= 15 is 0 Å². The third-order valence-corrected chi connectivity index (χ3v) is 6.12. The number of methoxy groups -OCH3 is 1. The van der Waals surface area contributed by atoms with Gasteiger partial charge in [0, 0.05) is 26.7 Å². The number of hydrogen-bond donors (Lipinski definition) is 0. The third kappa shape index (κ3) is 2.03. The van der Waals surface area contributed by atoms with Gasteiger partial charge < -0.3 is 13.8 Å². The minimum Gasteiger partial charge on any atom is -0.501 e. The Labute approximate surface area is 118 Å². The van der Waals surface area contributed by atoms with Crippen molar-refractivity contribution < 1.29 is 23.1 Å². The molecule has 1 aliphatic carbocycles. The van der Waals surface area contributed by atoms with Gasteiger partial charge in [-0.1, -0.05) is 30.3 Å². The molecule has 1 aliphatic rings. The first kappa shape index (κ1) is 15.0. The number of rotatable bonds is 5. The lowest BCUT2D eigenvalue weighted by atomic mass is 9.94. The lowest BCUT2D eigenvalue weighted by Crippen LogP contribution is -2.33. The second-order valence-corrected chi connectivity index (χ2v) is 6.93. The summed E-state index contributed by atoms with van der Waals surface area (Å²) in [6.07, 6.45) is 1.52.